The Hall–Kier alpha value is -2.50. The maximum Gasteiger partial charge on any atom is 0.255 e. The van der Waals surface area contributed by atoms with E-state index in [4.69, 9.17) is 0 Å². The molecule has 0 bridgehead atoms. The van der Waals surface area contributed by atoms with Crippen molar-refractivity contribution in [1.82, 2.24) is 19.4 Å². The summed E-state index contributed by atoms with van der Waals surface area (Å²) in [4.78, 5) is 31.9. The molecule has 6 heteroatoms. The normalized spacial score (nSPS) is 15.0. The van der Waals surface area contributed by atoms with Crippen LogP contribution in [0.1, 0.15) is 27.3 Å². The lowest BCUT2D eigenvalue weighted by molar-refractivity contribution is -0.131. The van der Waals surface area contributed by atoms with E-state index in [2.05, 4.69) is 4.98 Å². The van der Waals surface area contributed by atoms with Gasteiger partial charge in [-0.1, -0.05) is 0 Å². The van der Waals surface area contributed by atoms with Crippen molar-refractivity contribution in [3.05, 3.63) is 47.0 Å². The molecule has 2 aromatic heterocycles. The first kappa shape index (κ1) is 16.4. The number of rotatable bonds is 3. The van der Waals surface area contributed by atoms with Gasteiger partial charge in [-0.15, -0.1) is 0 Å². The second-order valence-electron chi connectivity index (χ2n) is 6.53. The van der Waals surface area contributed by atoms with Crippen LogP contribution in [-0.2, 0) is 18.3 Å². The molecular weight excluding hydrogens is 304 g/mol. The van der Waals surface area contributed by atoms with E-state index < -0.39 is 0 Å². The fraction of sp³-hybridized carbons (Fsp3) is 0.444. The van der Waals surface area contributed by atoms with Crippen LogP contribution in [0.15, 0.2) is 24.5 Å². The van der Waals surface area contributed by atoms with Crippen molar-refractivity contribution in [3.8, 4) is 0 Å². The van der Waals surface area contributed by atoms with Crippen LogP contribution in [0, 0.1) is 13.8 Å². The number of carbonyl (C=O) groups excluding carboxylic acids is 2. The van der Waals surface area contributed by atoms with Gasteiger partial charge in [0.25, 0.3) is 5.91 Å². The van der Waals surface area contributed by atoms with E-state index in [0.29, 0.717) is 32.6 Å². The fourth-order valence-electron chi connectivity index (χ4n) is 3.23. The molecule has 0 aliphatic carbocycles. The van der Waals surface area contributed by atoms with E-state index >= 15 is 0 Å². The van der Waals surface area contributed by atoms with Crippen LogP contribution < -0.4 is 0 Å². The first-order valence-corrected chi connectivity index (χ1v) is 8.28. The third-order valence-corrected chi connectivity index (χ3v) is 4.55. The highest BCUT2D eigenvalue weighted by molar-refractivity contribution is 5.95. The van der Waals surface area contributed by atoms with Gasteiger partial charge in [-0.05, 0) is 31.5 Å². The Bertz CT molecular complexity index is 751. The molecule has 1 aliphatic heterocycles. The van der Waals surface area contributed by atoms with Crippen LogP contribution >= 0.6 is 0 Å². The molecule has 3 rings (SSSR count). The van der Waals surface area contributed by atoms with E-state index in [-0.39, 0.29) is 11.8 Å². The summed E-state index contributed by atoms with van der Waals surface area (Å²) in [7, 11) is 1.95. The Labute approximate surface area is 142 Å². The number of H-pyrrole nitrogens is 1. The highest BCUT2D eigenvalue weighted by atomic mass is 16.2. The number of aryl methyl sites for hydroxylation is 3. The molecule has 0 atom stereocenters. The van der Waals surface area contributed by atoms with E-state index in [1.54, 1.807) is 0 Å². The second-order valence-corrected chi connectivity index (χ2v) is 6.53. The molecule has 1 saturated heterocycles. The summed E-state index contributed by atoms with van der Waals surface area (Å²) < 4.78 is 1.94. The first-order chi connectivity index (χ1) is 11.4. The molecule has 0 aromatic carbocycles. The van der Waals surface area contributed by atoms with E-state index in [9.17, 15) is 9.59 Å². The number of piperazine rings is 1. The van der Waals surface area contributed by atoms with Crippen LogP contribution in [0.4, 0.5) is 0 Å². The minimum Gasteiger partial charge on any atom is -0.362 e. The molecule has 0 unspecified atom stereocenters. The lowest BCUT2D eigenvalue weighted by atomic mass is 10.1. The van der Waals surface area contributed by atoms with Crippen molar-refractivity contribution in [2.75, 3.05) is 26.2 Å². The zero-order valence-electron chi connectivity index (χ0n) is 14.5. The van der Waals surface area contributed by atoms with Gasteiger partial charge in [0.1, 0.15) is 0 Å². The molecule has 0 spiro atoms. The van der Waals surface area contributed by atoms with Crippen molar-refractivity contribution in [3.63, 3.8) is 0 Å². The predicted octanol–water partition coefficient (Wildman–Crippen LogP) is 1.50. The average Bonchev–Trinajstić information content (AvgIpc) is 3.11. The Morgan fingerprint density at radius 2 is 1.79 bits per heavy atom. The van der Waals surface area contributed by atoms with Gasteiger partial charge < -0.3 is 19.4 Å². The molecule has 3 heterocycles. The number of aromatic amines is 1. The quantitative estimate of drug-likeness (QED) is 0.928. The minimum atomic E-state index is 0.0482. The smallest absolute Gasteiger partial charge is 0.255 e. The average molecular weight is 328 g/mol. The highest BCUT2D eigenvalue weighted by Gasteiger charge is 2.26. The van der Waals surface area contributed by atoms with Crippen molar-refractivity contribution < 1.29 is 9.59 Å². The molecule has 6 nitrogen and oxygen atoms in total. The lowest BCUT2D eigenvalue weighted by Gasteiger charge is -2.34. The largest absolute Gasteiger partial charge is 0.362 e. The summed E-state index contributed by atoms with van der Waals surface area (Å²) in [6.07, 6.45) is 4.33. The van der Waals surface area contributed by atoms with Gasteiger partial charge in [-0.25, -0.2) is 0 Å². The lowest BCUT2D eigenvalue weighted by Crippen LogP contribution is -2.51. The Morgan fingerprint density at radius 3 is 2.33 bits per heavy atom. The monoisotopic (exact) mass is 328 g/mol. The third kappa shape index (κ3) is 3.37. The Kier molecular flexibility index (Phi) is 4.46. The van der Waals surface area contributed by atoms with Gasteiger partial charge in [0.15, 0.2) is 0 Å². The molecule has 2 amide bonds. The Balaban J connectivity index is 1.56. The van der Waals surface area contributed by atoms with Gasteiger partial charge >= 0.3 is 0 Å². The van der Waals surface area contributed by atoms with Crippen LogP contribution in [0.3, 0.4) is 0 Å². The van der Waals surface area contributed by atoms with Gasteiger partial charge in [-0.3, -0.25) is 9.59 Å². The standard InChI is InChI=1S/C18H24N4O2/c1-13-10-16(14(2)19-13)18(24)22-8-6-21(7-9-22)17(23)11-15-4-5-20(3)12-15/h4-5,10,12,19H,6-9,11H2,1-3H3. The number of aromatic nitrogens is 2. The minimum absolute atomic E-state index is 0.0482. The molecule has 24 heavy (non-hydrogen) atoms. The van der Waals surface area contributed by atoms with Crippen molar-refractivity contribution in [2.24, 2.45) is 7.05 Å². The van der Waals surface area contributed by atoms with Crippen molar-refractivity contribution in [1.29, 1.82) is 0 Å². The first-order valence-electron chi connectivity index (χ1n) is 8.28. The van der Waals surface area contributed by atoms with Crippen LogP contribution in [0.25, 0.3) is 0 Å². The van der Waals surface area contributed by atoms with Crippen molar-refractivity contribution in [2.45, 2.75) is 20.3 Å². The van der Waals surface area contributed by atoms with Gasteiger partial charge in [-0.2, -0.15) is 0 Å². The molecule has 1 aliphatic rings. The van der Waals surface area contributed by atoms with E-state index in [1.165, 1.54) is 0 Å². The molecular formula is C18H24N4O2. The molecule has 0 saturated carbocycles. The summed E-state index contributed by atoms with van der Waals surface area (Å²) in [5.74, 6) is 0.175. The van der Waals surface area contributed by atoms with Crippen LogP contribution in [-0.4, -0.2) is 57.3 Å². The topological polar surface area (TPSA) is 61.3 Å². The zero-order chi connectivity index (χ0) is 17.3. The van der Waals surface area contributed by atoms with Gasteiger partial charge in [0.2, 0.25) is 5.91 Å². The van der Waals surface area contributed by atoms with E-state index in [0.717, 1.165) is 22.5 Å². The fourth-order valence-corrected chi connectivity index (χ4v) is 3.23. The highest BCUT2D eigenvalue weighted by Crippen LogP contribution is 2.15. The predicted molar refractivity (Wildman–Crippen MR) is 91.9 cm³/mol. The summed E-state index contributed by atoms with van der Waals surface area (Å²) >= 11 is 0. The summed E-state index contributed by atoms with van der Waals surface area (Å²) in [5.41, 5.74) is 3.66. The number of nitrogens with one attached hydrogen (secondary N) is 1. The van der Waals surface area contributed by atoms with Crippen LogP contribution in [0.5, 0.6) is 0 Å². The number of amides is 2. The third-order valence-electron chi connectivity index (χ3n) is 4.55. The maximum absolute atomic E-state index is 12.6. The van der Waals surface area contributed by atoms with E-state index in [1.807, 2.05) is 59.8 Å². The maximum atomic E-state index is 12.6. The molecule has 1 fully saturated rings. The number of hydrogen-bond acceptors (Lipinski definition) is 2. The number of nitrogens with zero attached hydrogens (tertiary/aromatic N) is 3. The zero-order valence-corrected chi connectivity index (χ0v) is 14.5. The molecule has 0 radical (unpaired) electrons. The summed E-state index contributed by atoms with van der Waals surface area (Å²) in [6, 6.07) is 3.86. The Morgan fingerprint density at radius 1 is 1.12 bits per heavy atom. The SMILES string of the molecule is Cc1cc(C(=O)N2CCN(C(=O)Cc3ccn(C)c3)CC2)c(C)[nH]1. The number of hydrogen-bond donors (Lipinski definition) is 1. The summed E-state index contributed by atoms with van der Waals surface area (Å²) in [6.45, 7) is 6.23. The summed E-state index contributed by atoms with van der Waals surface area (Å²) in [5, 5.41) is 0. The van der Waals surface area contributed by atoms with Crippen molar-refractivity contribution >= 4 is 11.8 Å². The molecule has 1 N–H and O–H groups in total. The second kappa shape index (κ2) is 6.55. The molecule has 2 aromatic rings. The van der Waals surface area contributed by atoms with Gasteiger partial charge in [0, 0.05) is 57.0 Å². The van der Waals surface area contributed by atoms with Gasteiger partial charge in [0.05, 0.1) is 12.0 Å². The molecule has 128 valence electrons. The van der Waals surface area contributed by atoms with Crippen LogP contribution in [0.2, 0.25) is 0 Å². The number of carbonyl (C=O) groups is 2.